The van der Waals surface area contributed by atoms with Crippen molar-refractivity contribution in [2.24, 2.45) is 0 Å². The Morgan fingerprint density at radius 1 is 1.62 bits per heavy atom. The van der Waals surface area contributed by atoms with Gasteiger partial charge in [0.15, 0.2) is 11.6 Å². The number of alkyl halides is 2. The van der Waals surface area contributed by atoms with Crippen molar-refractivity contribution in [2.45, 2.75) is 12.8 Å². The molecule has 0 aromatic carbocycles. The number of halogens is 3. The highest BCUT2D eigenvalue weighted by Crippen LogP contribution is 2.25. The molecule has 16 heavy (non-hydrogen) atoms. The molecule has 0 amide bonds. The molecule has 0 fully saturated rings. The van der Waals surface area contributed by atoms with Crippen molar-refractivity contribution in [3.63, 3.8) is 0 Å². The number of anilines is 1. The molecule has 0 bridgehead atoms. The van der Waals surface area contributed by atoms with E-state index in [2.05, 4.69) is 9.72 Å². The van der Waals surface area contributed by atoms with Crippen LogP contribution in [0.5, 0.6) is 0 Å². The van der Waals surface area contributed by atoms with Gasteiger partial charge in [-0.2, -0.15) is 0 Å². The zero-order valence-corrected chi connectivity index (χ0v) is 8.34. The van der Waals surface area contributed by atoms with E-state index in [0.717, 1.165) is 13.2 Å². The summed E-state index contributed by atoms with van der Waals surface area (Å²) < 4.78 is 42.1. The third-order valence-electron chi connectivity index (χ3n) is 1.85. The quantitative estimate of drug-likeness (QED) is 0.804. The summed E-state index contributed by atoms with van der Waals surface area (Å²) in [6.07, 6.45) is -3.34. The SMILES string of the molecule is COC(=O)Cc1cc(C(F)F)c(F)c(N)n1. The number of hydrogen-bond acceptors (Lipinski definition) is 4. The summed E-state index contributed by atoms with van der Waals surface area (Å²) in [4.78, 5) is 14.3. The topological polar surface area (TPSA) is 65.2 Å². The molecule has 0 saturated heterocycles. The number of aromatic nitrogens is 1. The van der Waals surface area contributed by atoms with E-state index in [1.165, 1.54) is 0 Å². The van der Waals surface area contributed by atoms with Gasteiger partial charge in [-0.15, -0.1) is 0 Å². The first kappa shape index (κ1) is 12.3. The van der Waals surface area contributed by atoms with E-state index in [1.807, 2.05) is 0 Å². The summed E-state index contributed by atoms with van der Waals surface area (Å²) in [6, 6.07) is 0.799. The van der Waals surface area contributed by atoms with Crippen molar-refractivity contribution in [1.82, 2.24) is 4.98 Å². The lowest BCUT2D eigenvalue weighted by molar-refractivity contribution is -0.139. The number of hydrogen-bond donors (Lipinski definition) is 1. The van der Waals surface area contributed by atoms with Crippen molar-refractivity contribution >= 4 is 11.8 Å². The number of nitrogens with two attached hydrogens (primary N) is 1. The second-order valence-corrected chi connectivity index (χ2v) is 2.96. The Kier molecular flexibility index (Phi) is 3.70. The van der Waals surface area contributed by atoms with Gasteiger partial charge in [0.1, 0.15) is 0 Å². The number of esters is 1. The molecule has 0 aliphatic heterocycles. The molecule has 1 heterocycles. The maximum Gasteiger partial charge on any atom is 0.311 e. The lowest BCUT2D eigenvalue weighted by Gasteiger charge is -2.07. The highest BCUT2D eigenvalue weighted by atomic mass is 19.3. The van der Waals surface area contributed by atoms with Crippen LogP contribution in [0.4, 0.5) is 19.0 Å². The Labute approximate surface area is 89.2 Å². The molecule has 1 aromatic rings. The summed E-state index contributed by atoms with van der Waals surface area (Å²) in [5, 5.41) is 0. The Morgan fingerprint density at radius 3 is 2.75 bits per heavy atom. The van der Waals surface area contributed by atoms with Crippen LogP contribution in [0, 0.1) is 5.82 Å². The average Bonchev–Trinajstić information content (AvgIpc) is 2.22. The molecule has 0 aliphatic carbocycles. The number of pyridine rings is 1. The van der Waals surface area contributed by atoms with Gasteiger partial charge < -0.3 is 10.5 Å². The van der Waals surface area contributed by atoms with Gasteiger partial charge in [-0.1, -0.05) is 0 Å². The molecule has 0 saturated carbocycles. The first-order valence-corrected chi connectivity index (χ1v) is 4.25. The lowest BCUT2D eigenvalue weighted by atomic mass is 10.2. The van der Waals surface area contributed by atoms with Crippen LogP contribution in [0.25, 0.3) is 0 Å². The predicted octanol–water partition coefficient (Wildman–Crippen LogP) is 1.46. The molecule has 7 heteroatoms. The fourth-order valence-electron chi connectivity index (χ4n) is 1.10. The molecule has 2 N–H and O–H groups in total. The third-order valence-corrected chi connectivity index (χ3v) is 1.85. The van der Waals surface area contributed by atoms with Crippen LogP contribution in [-0.4, -0.2) is 18.1 Å². The van der Waals surface area contributed by atoms with Crippen LogP contribution in [0.1, 0.15) is 17.7 Å². The van der Waals surface area contributed by atoms with E-state index in [9.17, 15) is 18.0 Å². The second kappa shape index (κ2) is 4.82. The van der Waals surface area contributed by atoms with Crippen molar-refractivity contribution < 1.29 is 22.7 Å². The fraction of sp³-hybridized carbons (Fsp3) is 0.333. The van der Waals surface area contributed by atoms with E-state index in [0.29, 0.717) is 0 Å². The largest absolute Gasteiger partial charge is 0.469 e. The first-order chi connectivity index (χ1) is 7.45. The van der Waals surface area contributed by atoms with E-state index in [1.54, 1.807) is 0 Å². The van der Waals surface area contributed by atoms with Gasteiger partial charge >= 0.3 is 5.97 Å². The summed E-state index contributed by atoms with van der Waals surface area (Å²) in [5.74, 6) is -2.58. The van der Waals surface area contributed by atoms with E-state index in [4.69, 9.17) is 5.73 Å². The van der Waals surface area contributed by atoms with Crippen LogP contribution >= 0.6 is 0 Å². The lowest BCUT2D eigenvalue weighted by Crippen LogP contribution is -2.10. The van der Waals surface area contributed by atoms with E-state index >= 15 is 0 Å². The summed E-state index contributed by atoms with van der Waals surface area (Å²) in [6.45, 7) is 0. The van der Waals surface area contributed by atoms with Crippen LogP contribution in [-0.2, 0) is 16.0 Å². The van der Waals surface area contributed by atoms with Crippen LogP contribution in [0.15, 0.2) is 6.07 Å². The fourth-order valence-corrected chi connectivity index (χ4v) is 1.10. The smallest absolute Gasteiger partial charge is 0.311 e. The first-order valence-electron chi connectivity index (χ1n) is 4.25. The Bertz CT molecular complexity index is 410. The van der Waals surface area contributed by atoms with Crippen molar-refractivity contribution in [1.29, 1.82) is 0 Å². The Morgan fingerprint density at radius 2 is 2.25 bits per heavy atom. The van der Waals surface area contributed by atoms with Gasteiger partial charge in [-0.05, 0) is 6.07 Å². The number of nitrogens with zero attached hydrogens (tertiary/aromatic N) is 1. The van der Waals surface area contributed by atoms with Crippen molar-refractivity contribution in [2.75, 3.05) is 12.8 Å². The highest BCUT2D eigenvalue weighted by Gasteiger charge is 2.19. The summed E-state index contributed by atoms with van der Waals surface area (Å²) >= 11 is 0. The summed E-state index contributed by atoms with van der Waals surface area (Å²) in [7, 11) is 1.14. The van der Waals surface area contributed by atoms with Crippen LogP contribution < -0.4 is 5.73 Å². The normalized spacial score (nSPS) is 10.6. The molecule has 0 unspecified atom stereocenters. The molecule has 0 aliphatic rings. The van der Waals surface area contributed by atoms with Crippen LogP contribution in [0.2, 0.25) is 0 Å². The summed E-state index contributed by atoms with van der Waals surface area (Å²) in [5.41, 5.74) is 4.18. The Balaban J connectivity index is 3.09. The number of carbonyl (C=O) groups is 1. The maximum atomic E-state index is 13.1. The minimum absolute atomic E-state index is 0.0546. The zero-order valence-electron chi connectivity index (χ0n) is 8.34. The number of nitrogen functional groups attached to an aromatic ring is 1. The maximum absolute atomic E-state index is 13.1. The minimum atomic E-state index is -3.01. The molecule has 0 atom stereocenters. The molecular formula is C9H9F3N2O2. The standard InChI is InChI=1S/C9H9F3N2O2/c1-16-6(15)3-4-2-5(8(11)12)7(10)9(13)14-4/h2,8H,3H2,1H3,(H2,13,14). The van der Waals surface area contributed by atoms with E-state index in [-0.39, 0.29) is 12.1 Å². The molecule has 1 aromatic heterocycles. The number of carbonyl (C=O) groups excluding carboxylic acids is 1. The van der Waals surface area contributed by atoms with Gasteiger partial charge in [-0.25, -0.2) is 18.2 Å². The zero-order chi connectivity index (χ0) is 12.3. The Hall–Kier alpha value is -1.79. The van der Waals surface area contributed by atoms with Gasteiger partial charge in [0, 0.05) is 0 Å². The monoisotopic (exact) mass is 234 g/mol. The predicted molar refractivity (Wildman–Crippen MR) is 49.3 cm³/mol. The molecular weight excluding hydrogens is 225 g/mol. The average molecular weight is 234 g/mol. The molecule has 0 spiro atoms. The third kappa shape index (κ3) is 2.62. The number of methoxy groups -OCH3 is 1. The van der Waals surface area contributed by atoms with Gasteiger partial charge in [-0.3, -0.25) is 4.79 Å². The van der Waals surface area contributed by atoms with Gasteiger partial charge in [0.05, 0.1) is 24.8 Å². The minimum Gasteiger partial charge on any atom is -0.469 e. The van der Waals surface area contributed by atoms with Crippen molar-refractivity contribution in [3.8, 4) is 0 Å². The molecule has 0 radical (unpaired) electrons. The second-order valence-electron chi connectivity index (χ2n) is 2.96. The highest BCUT2D eigenvalue weighted by molar-refractivity contribution is 5.72. The molecule has 4 nitrogen and oxygen atoms in total. The number of rotatable bonds is 3. The molecule has 1 rings (SSSR count). The van der Waals surface area contributed by atoms with Crippen molar-refractivity contribution in [3.05, 3.63) is 23.1 Å². The van der Waals surface area contributed by atoms with Gasteiger partial charge in [0.2, 0.25) is 0 Å². The molecule has 88 valence electrons. The van der Waals surface area contributed by atoms with Crippen LogP contribution in [0.3, 0.4) is 0 Å². The number of ether oxygens (including phenoxy) is 1. The van der Waals surface area contributed by atoms with E-state index < -0.39 is 29.6 Å². The van der Waals surface area contributed by atoms with Gasteiger partial charge in [0.25, 0.3) is 6.43 Å².